The second kappa shape index (κ2) is 10.1. The number of halogens is 1. The largest absolute Gasteiger partial charge is 0.497 e. The number of nitrogens with one attached hydrogen (secondary N) is 1. The number of benzene rings is 2. The van der Waals surface area contributed by atoms with E-state index in [0.717, 1.165) is 11.1 Å². The highest BCUT2D eigenvalue weighted by atomic mass is 35.5. The van der Waals surface area contributed by atoms with E-state index in [9.17, 15) is 9.59 Å². The predicted molar refractivity (Wildman–Crippen MR) is 123 cm³/mol. The van der Waals surface area contributed by atoms with E-state index in [1.807, 2.05) is 31.2 Å². The van der Waals surface area contributed by atoms with Crippen LogP contribution >= 0.6 is 11.6 Å². The molecule has 0 radical (unpaired) electrons. The molecule has 1 unspecified atom stereocenters. The SMILES string of the molecule is CNc1ncc(Cl)c(C(=O)N(Cc2ccc(C)cc2)C(C(N)=O)c2cccc(OC)c2)n1. The van der Waals surface area contributed by atoms with Crippen LogP contribution in [0.4, 0.5) is 5.95 Å². The molecule has 1 aromatic heterocycles. The van der Waals surface area contributed by atoms with E-state index in [1.165, 1.54) is 18.2 Å². The van der Waals surface area contributed by atoms with Crippen molar-refractivity contribution in [3.63, 3.8) is 0 Å². The summed E-state index contributed by atoms with van der Waals surface area (Å²) in [5.41, 5.74) is 8.16. The summed E-state index contributed by atoms with van der Waals surface area (Å²) in [4.78, 5) is 35.9. The Balaban J connectivity index is 2.12. The van der Waals surface area contributed by atoms with E-state index in [4.69, 9.17) is 22.1 Å². The van der Waals surface area contributed by atoms with Crippen molar-refractivity contribution in [1.29, 1.82) is 0 Å². The van der Waals surface area contributed by atoms with Crippen LogP contribution in [0.2, 0.25) is 5.02 Å². The van der Waals surface area contributed by atoms with Crippen LogP contribution in [0.1, 0.15) is 33.2 Å². The number of anilines is 1. The molecule has 0 aliphatic heterocycles. The van der Waals surface area contributed by atoms with Crippen molar-refractivity contribution in [2.75, 3.05) is 19.5 Å². The molecular weight excluding hydrogens is 430 g/mol. The van der Waals surface area contributed by atoms with Gasteiger partial charge in [0.05, 0.1) is 18.3 Å². The maximum Gasteiger partial charge on any atom is 0.275 e. The minimum atomic E-state index is -1.08. The fourth-order valence-corrected chi connectivity index (χ4v) is 3.43. The molecule has 166 valence electrons. The van der Waals surface area contributed by atoms with E-state index in [0.29, 0.717) is 11.3 Å². The van der Waals surface area contributed by atoms with Gasteiger partial charge < -0.3 is 20.7 Å². The smallest absolute Gasteiger partial charge is 0.275 e. The van der Waals surface area contributed by atoms with Crippen LogP contribution in [0.15, 0.2) is 54.7 Å². The molecule has 8 nitrogen and oxygen atoms in total. The van der Waals surface area contributed by atoms with Gasteiger partial charge in [-0.05, 0) is 30.2 Å². The minimum absolute atomic E-state index is 0.0349. The summed E-state index contributed by atoms with van der Waals surface area (Å²) in [6.07, 6.45) is 1.34. The number of rotatable bonds is 8. The van der Waals surface area contributed by atoms with Crippen LogP contribution in [0.25, 0.3) is 0 Å². The Morgan fingerprint density at radius 1 is 1.22 bits per heavy atom. The third-order valence-corrected chi connectivity index (χ3v) is 5.17. The van der Waals surface area contributed by atoms with Gasteiger partial charge in [0.2, 0.25) is 11.9 Å². The van der Waals surface area contributed by atoms with Gasteiger partial charge in [-0.15, -0.1) is 0 Å². The molecule has 2 amide bonds. The lowest BCUT2D eigenvalue weighted by Crippen LogP contribution is -2.42. The zero-order valence-corrected chi connectivity index (χ0v) is 18.8. The zero-order chi connectivity index (χ0) is 23.3. The van der Waals surface area contributed by atoms with Crippen LogP contribution in [0.5, 0.6) is 5.75 Å². The summed E-state index contributed by atoms with van der Waals surface area (Å²) >= 11 is 6.26. The topological polar surface area (TPSA) is 110 Å². The van der Waals surface area contributed by atoms with E-state index in [2.05, 4.69) is 15.3 Å². The highest BCUT2D eigenvalue weighted by molar-refractivity contribution is 6.33. The van der Waals surface area contributed by atoms with Gasteiger partial charge >= 0.3 is 0 Å². The lowest BCUT2D eigenvalue weighted by atomic mass is 10.0. The maximum atomic E-state index is 13.7. The molecule has 0 aliphatic rings. The van der Waals surface area contributed by atoms with Crippen molar-refractivity contribution in [3.8, 4) is 5.75 Å². The van der Waals surface area contributed by atoms with Gasteiger partial charge in [-0.2, -0.15) is 0 Å². The second-order valence-electron chi connectivity index (χ2n) is 7.14. The standard InChI is InChI=1S/C23H24ClN5O3/c1-14-7-9-15(10-8-14)13-29(22(31)19-18(24)12-27-23(26-2)28-19)20(21(25)30)16-5-4-6-17(11-16)32-3/h4-12,20H,13H2,1-3H3,(H2,25,30)(H,26,27,28). The molecule has 3 aromatic rings. The molecular formula is C23H24ClN5O3. The quantitative estimate of drug-likeness (QED) is 0.541. The van der Waals surface area contributed by atoms with Crippen LogP contribution < -0.4 is 15.8 Å². The molecule has 0 fully saturated rings. The Labute approximate surface area is 191 Å². The average molecular weight is 454 g/mol. The summed E-state index contributed by atoms with van der Waals surface area (Å²) in [6, 6.07) is 13.4. The number of carbonyl (C=O) groups is 2. The third kappa shape index (κ3) is 5.15. The summed E-state index contributed by atoms with van der Waals surface area (Å²) in [5, 5.41) is 2.85. The van der Waals surface area contributed by atoms with E-state index in [-0.39, 0.29) is 23.2 Å². The number of amides is 2. The molecule has 9 heteroatoms. The van der Waals surface area contributed by atoms with E-state index >= 15 is 0 Å². The Kier molecular flexibility index (Phi) is 7.27. The van der Waals surface area contributed by atoms with Crippen molar-refractivity contribution in [3.05, 3.63) is 82.1 Å². The van der Waals surface area contributed by atoms with Crippen molar-refractivity contribution >= 4 is 29.4 Å². The van der Waals surface area contributed by atoms with Gasteiger partial charge in [-0.3, -0.25) is 9.59 Å². The van der Waals surface area contributed by atoms with Crippen molar-refractivity contribution < 1.29 is 14.3 Å². The molecule has 3 N–H and O–H groups in total. The molecule has 3 rings (SSSR count). The summed E-state index contributed by atoms with van der Waals surface area (Å²) in [5.74, 6) is -0.488. The normalized spacial score (nSPS) is 11.5. The molecule has 1 atom stereocenters. The molecule has 0 saturated carbocycles. The summed E-state index contributed by atoms with van der Waals surface area (Å²) in [7, 11) is 3.15. The molecule has 1 heterocycles. The number of aromatic nitrogens is 2. The number of aryl methyl sites for hydroxylation is 1. The van der Waals surface area contributed by atoms with Gasteiger partial charge in [-0.25, -0.2) is 9.97 Å². The highest BCUT2D eigenvalue weighted by Crippen LogP contribution is 2.29. The van der Waals surface area contributed by atoms with Crippen molar-refractivity contribution in [2.24, 2.45) is 5.73 Å². The lowest BCUT2D eigenvalue weighted by Gasteiger charge is -2.30. The van der Waals surface area contributed by atoms with Gasteiger partial charge in [0.1, 0.15) is 11.8 Å². The number of hydrogen-bond donors (Lipinski definition) is 2. The van der Waals surface area contributed by atoms with Crippen molar-refractivity contribution in [2.45, 2.75) is 19.5 Å². The molecule has 0 spiro atoms. The number of methoxy groups -OCH3 is 1. The number of ether oxygens (including phenoxy) is 1. The fourth-order valence-electron chi connectivity index (χ4n) is 3.25. The van der Waals surface area contributed by atoms with Crippen molar-refractivity contribution in [1.82, 2.24) is 14.9 Å². The molecule has 0 bridgehead atoms. The number of primary amides is 1. The average Bonchev–Trinajstić information content (AvgIpc) is 2.80. The van der Waals surface area contributed by atoms with Crippen LogP contribution in [-0.4, -0.2) is 40.8 Å². The monoisotopic (exact) mass is 453 g/mol. The number of carbonyl (C=O) groups excluding carboxylic acids is 2. The van der Waals surface area contributed by atoms with Crippen LogP contribution in [-0.2, 0) is 11.3 Å². The van der Waals surface area contributed by atoms with E-state index < -0.39 is 17.9 Å². The Morgan fingerprint density at radius 3 is 2.56 bits per heavy atom. The summed E-state index contributed by atoms with van der Waals surface area (Å²) < 4.78 is 5.28. The minimum Gasteiger partial charge on any atom is -0.497 e. The molecule has 2 aromatic carbocycles. The van der Waals surface area contributed by atoms with Gasteiger partial charge in [0, 0.05) is 13.6 Å². The van der Waals surface area contributed by atoms with Crippen LogP contribution in [0.3, 0.4) is 0 Å². The molecule has 0 aliphatic carbocycles. The maximum absolute atomic E-state index is 13.7. The molecule has 32 heavy (non-hydrogen) atoms. The van der Waals surface area contributed by atoms with Crippen LogP contribution in [0, 0.1) is 6.92 Å². The number of nitrogens with zero attached hydrogens (tertiary/aromatic N) is 3. The second-order valence-corrected chi connectivity index (χ2v) is 7.55. The van der Waals surface area contributed by atoms with Gasteiger partial charge in [-0.1, -0.05) is 53.6 Å². The first-order chi connectivity index (χ1) is 15.3. The number of hydrogen-bond acceptors (Lipinski definition) is 6. The first kappa shape index (κ1) is 23.0. The van der Waals surface area contributed by atoms with Gasteiger partial charge in [0.25, 0.3) is 5.91 Å². The first-order valence-electron chi connectivity index (χ1n) is 9.84. The Bertz CT molecular complexity index is 1120. The Morgan fingerprint density at radius 2 is 1.94 bits per heavy atom. The highest BCUT2D eigenvalue weighted by Gasteiger charge is 2.33. The van der Waals surface area contributed by atoms with Gasteiger partial charge in [0.15, 0.2) is 5.69 Å². The third-order valence-electron chi connectivity index (χ3n) is 4.90. The predicted octanol–water partition coefficient (Wildman–Crippen LogP) is 3.36. The molecule has 0 saturated heterocycles. The first-order valence-corrected chi connectivity index (χ1v) is 10.2. The van der Waals surface area contributed by atoms with E-state index in [1.54, 1.807) is 31.3 Å². The Hall–Kier alpha value is -3.65. The summed E-state index contributed by atoms with van der Waals surface area (Å²) in [6.45, 7) is 2.08. The zero-order valence-electron chi connectivity index (χ0n) is 18.0. The number of nitrogens with two attached hydrogens (primary N) is 1. The lowest BCUT2D eigenvalue weighted by molar-refractivity contribution is -0.122. The fraction of sp³-hybridized carbons (Fsp3) is 0.217.